The predicted octanol–water partition coefficient (Wildman–Crippen LogP) is 8.03. The Hall–Kier alpha value is -5.30. The predicted molar refractivity (Wildman–Crippen MR) is 248 cm³/mol. The van der Waals surface area contributed by atoms with E-state index < -0.39 is 17.4 Å². The van der Waals surface area contributed by atoms with Gasteiger partial charge < -0.3 is 20.0 Å². The molecule has 5 aromatic rings. The number of hydrogen-bond donors (Lipinski definition) is 3. The molecule has 3 saturated heterocycles. The van der Waals surface area contributed by atoms with E-state index in [1.54, 1.807) is 17.8 Å². The molecule has 4 aromatic carbocycles. The lowest BCUT2D eigenvalue weighted by Crippen LogP contribution is -2.52. The third-order valence-electron chi connectivity index (χ3n) is 15.6. The fourth-order valence-electron chi connectivity index (χ4n) is 12.1. The van der Waals surface area contributed by atoms with Crippen molar-refractivity contribution < 1.29 is 24.2 Å². The number of benzene rings is 4. The molecule has 3 aliphatic heterocycles. The van der Waals surface area contributed by atoms with Crippen molar-refractivity contribution in [1.82, 2.24) is 24.9 Å². The number of hydrogen-bond acceptors (Lipinski definition) is 8. The van der Waals surface area contributed by atoms with Gasteiger partial charge in [0.25, 0.3) is 0 Å². The van der Waals surface area contributed by atoms with Crippen LogP contribution in [0.1, 0.15) is 97.9 Å². The zero-order chi connectivity index (χ0) is 44.1. The van der Waals surface area contributed by atoms with Crippen LogP contribution in [0.2, 0.25) is 0 Å². The van der Waals surface area contributed by atoms with Gasteiger partial charge in [0.05, 0.1) is 11.1 Å². The molecule has 0 radical (unpaired) electrons. The lowest BCUT2D eigenvalue weighted by Gasteiger charge is -2.46. The van der Waals surface area contributed by atoms with Crippen LogP contribution in [0, 0.1) is 17.7 Å². The number of halogens is 1. The Labute approximate surface area is 375 Å². The monoisotopic (exact) mass is 867 g/mol. The number of aliphatic hydroxyl groups is 1. The number of phenolic OH excluding ortho intramolecular Hbond substituents is 1. The van der Waals surface area contributed by atoms with Crippen molar-refractivity contribution in [2.45, 2.75) is 88.2 Å². The zero-order valence-electron chi connectivity index (χ0n) is 37.3. The minimum atomic E-state index is -1.32. The normalized spacial score (nSPS) is 27.2. The SMILES string of the molecule is C[C@H]1CC(O)(c2cc3c(cc2F)c(N2CCC(=O)NC2=O)nn3C)CCN1C[C@@H]1CCCC[C@H]1CN1CCN(c2ccc([C@@H]3c4ccc(O)cc4CC[C@@H]3c3ccccc3)cc2)CC1. The highest BCUT2D eigenvalue weighted by molar-refractivity contribution is 6.08. The molecular formula is C52H62FN7O4. The van der Waals surface area contributed by atoms with Crippen LogP contribution in [0.15, 0.2) is 84.9 Å². The minimum absolute atomic E-state index is 0.0773. The average molecular weight is 868 g/mol. The Balaban J connectivity index is 0.758. The maximum absolute atomic E-state index is 16.1. The number of likely N-dealkylation sites (tertiary alicyclic amines) is 1. The minimum Gasteiger partial charge on any atom is -0.508 e. The van der Waals surface area contributed by atoms with Gasteiger partial charge in [-0.25, -0.2) is 9.18 Å². The van der Waals surface area contributed by atoms with Crippen molar-refractivity contribution in [3.63, 3.8) is 0 Å². The van der Waals surface area contributed by atoms with Crippen LogP contribution < -0.4 is 15.1 Å². The van der Waals surface area contributed by atoms with E-state index in [2.05, 4.69) is 92.7 Å². The van der Waals surface area contributed by atoms with Crippen LogP contribution in [0.3, 0.4) is 0 Å². The topological polar surface area (TPSA) is 117 Å². The third kappa shape index (κ3) is 8.29. The molecule has 0 spiro atoms. The fraction of sp³-hybridized carbons (Fsp3) is 0.481. The average Bonchev–Trinajstić information content (AvgIpc) is 3.61. The van der Waals surface area contributed by atoms with Crippen molar-refractivity contribution in [3.8, 4) is 5.75 Å². The number of nitrogens with one attached hydrogen (secondary N) is 1. The summed E-state index contributed by atoms with van der Waals surface area (Å²) in [6.45, 7) is 9.27. The zero-order valence-corrected chi connectivity index (χ0v) is 37.3. The van der Waals surface area contributed by atoms with Crippen LogP contribution in [0.5, 0.6) is 5.75 Å². The fourth-order valence-corrected chi connectivity index (χ4v) is 12.1. The summed E-state index contributed by atoms with van der Waals surface area (Å²) >= 11 is 0. The van der Waals surface area contributed by atoms with Gasteiger partial charge in [-0.2, -0.15) is 5.10 Å². The highest BCUT2D eigenvalue weighted by Gasteiger charge is 2.42. The Bertz CT molecular complexity index is 2500. The molecule has 11 nitrogen and oxygen atoms in total. The summed E-state index contributed by atoms with van der Waals surface area (Å²) < 4.78 is 17.7. The first kappa shape index (κ1) is 42.6. The number of imide groups is 1. The number of anilines is 2. The highest BCUT2D eigenvalue weighted by Crippen LogP contribution is 2.47. The van der Waals surface area contributed by atoms with Gasteiger partial charge >= 0.3 is 6.03 Å². The summed E-state index contributed by atoms with van der Waals surface area (Å²) in [6, 6.07) is 28.8. The first-order chi connectivity index (χ1) is 31.0. The molecule has 5 aliphatic rings. The van der Waals surface area contributed by atoms with Gasteiger partial charge in [-0.1, -0.05) is 61.4 Å². The molecule has 1 saturated carbocycles. The number of carbonyl (C=O) groups excluding carboxylic acids is 2. The number of piperidine rings is 1. The summed E-state index contributed by atoms with van der Waals surface area (Å²) in [7, 11) is 1.75. The van der Waals surface area contributed by atoms with Crippen LogP contribution >= 0.6 is 0 Å². The van der Waals surface area contributed by atoms with Crippen LogP contribution in [0.4, 0.5) is 20.7 Å². The molecule has 2 aliphatic carbocycles. The number of rotatable bonds is 9. The van der Waals surface area contributed by atoms with Crippen molar-refractivity contribution in [2.24, 2.45) is 18.9 Å². The van der Waals surface area contributed by atoms with Gasteiger partial charge in [0, 0.05) is 94.4 Å². The van der Waals surface area contributed by atoms with E-state index in [9.17, 15) is 19.8 Å². The molecule has 6 atom stereocenters. The largest absolute Gasteiger partial charge is 0.508 e. The smallest absolute Gasteiger partial charge is 0.329 e. The van der Waals surface area contributed by atoms with Crippen molar-refractivity contribution in [3.05, 3.63) is 119 Å². The summed E-state index contributed by atoms with van der Waals surface area (Å²) in [5.74, 6) is 1.65. The Morgan fingerprint density at radius 1 is 0.828 bits per heavy atom. The van der Waals surface area contributed by atoms with Crippen LogP contribution in [-0.4, -0.2) is 100 Å². The van der Waals surface area contributed by atoms with Gasteiger partial charge in [0.15, 0.2) is 5.82 Å². The molecule has 0 bridgehead atoms. The molecule has 4 fully saturated rings. The quantitative estimate of drug-likeness (QED) is 0.137. The summed E-state index contributed by atoms with van der Waals surface area (Å²) in [6.07, 6.45) is 8.05. The second kappa shape index (κ2) is 17.6. The van der Waals surface area contributed by atoms with E-state index in [0.29, 0.717) is 59.6 Å². The maximum atomic E-state index is 16.1. The molecule has 4 heterocycles. The van der Waals surface area contributed by atoms with Gasteiger partial charge in [0.2, 0.25) is 5.91 Å². The van der Waals surface area contributed by atoms with E-state index >= 15 is 4.39 Å². The van der Waals surface area contributed by atoms with Crippen molar-refractivity contribution in [1.29, 1.82) is 0 Å². The Morgan fingerprint density at radius 3 is 2.31 bits per heavy atom. The molecule has 1 aromatic heterocycles. The molecule has 64 heavy (non-hydrogen) atoms. The summed E-state index contributed by atoms with van der Waals surface area (Å²) in [4.78, 5) is 33.5. The number of amides is 3. The Kier molecular flexibility index (Phi) is 11.7. The van der Waals surface area contributed by atoms with Gasteiger partial charge in [-0.15, -0.1) is 0 Å². The molecular weight excluding hydrogens is 806 g/mol. The number of aromatic nitrogens is 2. The number of aromatic hydroxyl groups is 1. The molecule has 1 unspecified atom stereocenters. The van der Waals surface area contributed by atoms with Crippen molar-refractivity contribution in [2.75, 3.05) is 62.2 Å². The number of phenols is 1. The second-order valence-corrected chi connectivity index (χ2v) is 19.5. The van der Waals surface area contributed by atoms with Crippen molar-refractivity contribution >= 4 is 34.3 Å². The third-order valence-corrected chi connectivity index (χ3v) is 15.6. The molecule has 3 N–H and O–H groups in total. The number of urea groups is 1. The number of fused-ring (bicyclic) bond motifs is 2. The van der Waals surface area contributed by atoms with Gasteiger partial charge in [-0.3, -0.25) is 24.6 Å². The second-order valence-electron chi connectivity index (χ2n) is 19.5. The number of piperazine rings is 1. The lowest BCUT2D eigenvalue weighted by molar-refractivity contribution is -0.120. The summed E-state index contributed by atoms with van der Waals surface area (Å²) in [5, 5.41) is 29.7. The molecule has 12 heteroatoms. The first-order valence-corrected chi connectivity index (χ1v) is 23.7. The number of carbonyl (C=O) groups is 2. The van der Waals surface area contributed by atoms with E-state index in [-0.39, 0.29) is 36.4 Å². The van der Waals surface area contributed by atoms with E-state index in [0.717, 1.165) is 52.1 Å². The van der Waals surface area contributed by atoms with Gasteiger partial charge in [-0.05, 0) is 122 Å². The standard InChI is InChI=1S/C52H62FN7O4/c1-34-31-52(64,45-30-47-44(29-46(45)53)50(55-56(47)2)60-22-20-48(62)54-51(60)63)21-23-59(34)33-39-11-7-6-10-38(39)32-57-24-26-58(27-25-57)40-15-12-36(13-16-40)49-42(35-8-4-3-5-9-35)18-14-37-28-41(61)17-19-43(37)49/h3-5,8-9,12-13,15-17,19,28-30,34,38-39,42,49,61,64H,6-7,10-11,14,18,20-27,31-33H2,1-2H3,(H,54,62,63)/t34-,38-,39-,42+,49-,52?/m0/s1. The molecule has 10 rings (SSSR count). The van der Waals surface area contributed by atoms with E-state index in [4.69, 9.17) is 0 Å². The van der Waals surface area contributed by atoms with Crippen LogP contribution in [0.25, 0.3) is 10.9 Å². The number of aryl methyl sites for hydroxylation is 2. The maximum Gasteiger partial charge on any atom is 0.329 e. The van der Waals surface area contributed by atoms with Gasteiger partial charge in [0.1, 0.15) is 11.6 Å². The first-order valence-electron chi connectivity index (χ1n) is 23.7. The van der Waals surface area contributed by atoms with E-state index in [1.165, 1.54) is 64.6 Å². The molecule has 3 amide bonds. The van der Waals surface area contributed by atoms with Crippen LogP contribution in [-0.2, 0) is 23.9 Å². The van der Waals surface area contributed by atoms with E-state index in [1.807, 2.05) is 12.1 Å². The lowest BCUT2D eigenvalue weighted by atomic mass is 9.69. The molecule has 336 valence electrons. The highest BCUT2D eigenvalue weighted by atomic mass is 19.1. The number of nitrogens with zero attached hydrogens (tertiary/aromatic N) is 6. The summed E-state index contributed by atoms with van der Waals surface area (Å²) in [5.41, 5.74) is 6.16. The Morgan fingerprint density at radius 2 is 1.58 bits per heavy atom.